The van der Waals surface area contributed by atoms with Crippen LogP contribution in [0.1, 0.15) is 23.7 Å². The molecule has 0 atom stereocenters. The van der Waals surface area contributed by atoms with Gasteiger partial charge >= 0.3 is 6.03 Å². The molecule has 2 N–H and O–H groups in total. The molecule has 0 bridgehead atoms. The second-order valence-electron chi connectivity index (χ2n) is 5.30. The average molecular weight is 346 g/mol. The summed E-state index contributed by atoms with van der Waals surface area (Å²) in [5, 5.41) is 6.07. The minimum Gasteiger partial charge on any atom is -0.338 e. The number of carbonyl (C=O) groups is 2. The molecule has 24 heavy (non-hydrogen) atoms. The highest BCUT2D eigenvalue weighted by Crippen LogP contribution is 2.19. The Bertz CT molecular complexity index is 699. The first kappa shape index (κ1) is 17.8. The lowest BCUT2D eigenvalue weighted by Gasteiger charge is -2.18. The number of hydrogen-bond acceptors (Lipinski definition) is 2. The molecule has 2 aromatic rings. The molecule has 0 aliphatic carbocycles. The number of nitrogens with zero attached hydrogens (tertiary/aromatic N) is 1. The molecule has 0 saturated heterocycles. The van der Waals surface area contributed by atoms with Crippen LogP contribution in [0.5, 0.6) is 0 Å². The lowest BCUT2D eigenvalue weighted by Crippen LogP contribution is -2.29. The van der Waals surface area contributed by atoms with Gasteiger partial charge in [0.25, 0.3) is 5.91 Å². The summed E-state index contributed by atoms with van der Waals surface area (Å²) in [4.78, 5) is 25.6. The smallest absolute Gasteiger partial charge is 0.319 e. The zero-order valence-electron chi connectivity index (χ0n) is 13.7. The van der Waals surface area contributed by atoms with Crippen LogP contribution in [0.15, 0.2) is 48.5 Å². The van der Waals surface area contributed by atoms with Gasteiger partial charge in [-0.05, 0) is 55.0 Å². The van der Waals surface area contributed by atoms with Gasteiger partial charge in [-0.2, -0.15) is 0 Å². The highest BCUT2D eigenvalue weighted by molar-refractivity contribution is 6.30. The van der Waals surface area contributed by atoms with Gasteiger partial charge in [0, 0.05) is 35.6 Å². The maximum atomic E-state index is 12.4. The topological polar surface area (TPSA) is 61.4 Å². The Labute approximate surface area is 146 Å². The molecule has 0 fully saturated rings. The van der Waals surface area contributed by atoms with E-state index in [2.05, 4.69) is 10.6 Å². The summed E-state index contributed by atoms with van der Waals surface area (Å²) >= 11 is 5.84. The fourth-order valence-corrected chi connectivity index (χ4v) is 2.21. The third-order valence-electron chi connectivity index (χ3n) is 3.44. The Morgan fingerprint density at radius 1 is 1.04 bits per heavy atom. The van der Waals surface area contributed by atoms with Gasteiger partial charge in [0.2, 0.25) is 0 Å². The van der Waals surface area contributed by atoms with E-state index in [4.69, 9.17) is 11.6 Å². The second kappa shape index (κ2) is 8.36. The number of nitrogens with one attached hydrogen (secondary N) is 2. The molecular weight excluding hydrogens is 326 g/mol. The van der Waals surface area contributed by atoms with E-state index in [0.717, 1.165) is 12.1 Å². The number of urea groups is 1. The molecule has 0 saturated carbocycles. The number of anilines is 2. The molecule has 5 nitrogen and oxygen atoms in total. The normalized spacial score (nSPS) is 10.1. The Balaban J connectivity index is 2.02. The predicted molar refractivity (Wildman–Crippen MR) is 97.9 cm³/mol. The first-order valence-electron chi connectivity index (χ1n) is 7.70. The van der Waals surface area contributed by atoms with Crippen LogP contribution in [0.4, 0.5) is 16.2 Å². The number of amides is 3. The zero-order chi connectivity index (χ0) is 17.5. The molecule has 0 heterocycles. The highest BCUT2D eigenvalue weighted by Gasteiger charge is 2.13. The van der Waals surface area contributed by atoms with Gasteiger partial charge in [-0.1, -0.05) is 18.5 Å². The average Bonchev–Trinajstić information content (AvgIpc) is 2.60. The van der Waals surface area contributed by atoms with Gasteiger partial charge in [-0.3, -0.25) is 4.79 Å². The van der Waals surface area contributed by atoms with Gasteiger partial charge in [0.1, 0.15) is 0 Å². The Kier molecular flexibility index (Phi) is 6.21. The first-order chi connectivity index (χ1) is 11.5. The van der Waals surface area contributed by atoms with Crippen LogP contribution in [0, 0.1) is 0 Å². The molecule has 0 radical (unpaired) electrons. The van der Waals surface area contributed by atoms with Crippen molar-refractivity contribution in [3.63, 3.8) is 0 Å². The van der Waals surface area contributed by atoms with Gasteiger partial charge in [-0.25, -0.2) is 4.79 Å². The fraction of sp³-hybridized carbons (Fsp3) is 0.222. The molecular formula is C18H20ClN3O2. The molecule has 0 aliphatic rings. The maximum Gasteiger partial charge on any atom is 0.319 e. The van der Waals surface area contributed by atoms with Crippen LogP contribution < -0.4 is 15.5 Å². The molecule has 3 amide bonds. The molecule has 0 aromatic heterocycles. The number of halogens is 1. The summed E-state index contributed by atoms with van der Waals surface area (Å²) in [6.45, 7) is 2.62. The summed E-state index contributed by atoms with van der Waals surface area (Å²) < 4.78 is 0. The number of carbonyl (C=O) groups excluding carboxylic acids is 2. The standard InChI is InChI=1S/C18H20ClN3O2/c1-3-12-20-18(24)21-15-8-10-16(11-9-15)22(2)17(23)13-4-6-14(19)7-5-13/h4-11H,3,12H2,1-2H3,(H2,20,21,24). The first-order valence-corrected chi connectivity index (χ1v) is 8.07. The number of rotatable bonds is 5. The van der Waals surface area contributed by atoms with E-state index in [1.54, 1.807) is 60.5 Å². The van der Waals surface area contributed by atoms with Crippen LogP contribution in [-0.4, -0.2) is 25.5 Å². The van der Waals surface area contributed by atoms with E-state index in [-0.39, 0.29) is 11.9 Å². The molecule has 0 aliphatic heterocycles. The van der Waals surface area contributed by atoms with E-state index in [0.29, 0.717) is 22.8 Å². The van der Waals surface area contributed by atoms with Crippen molar-refractivity contribution in [3.05, 3.63) is 59.1 Å². The third kappa shape index (κ3) is 4.73. The molecule has 0 spiro atoms. The molecule has 6 heteroatoms. The SMILES string of the molecule is CCCNC(=O)Nc1ccc(N(C)C(=O)c2ccc(Cl)cc2)cc1. The van der Waals surface area contributed by atoms with E-state index in [9.17, 15) is 9.59 Å². The highest BCUT2D eigenvalue weighted by atomic mass is 35.5. The van der Waals surface area contributed by atoms with Gasteiger partial charge in [0.15, 0.2) is 0 Å². The summed E-state index contributed by atoms with van der Waals surface area (Å²) in [5.41, 5.74) is 1.96. The molecule has 126 valence electrons. The zero-order valence-corrected chi connectivity index (χ0v) is 14.4. The van der Waals surface area contributed by atoms with Crippen LogP contribution in [0.2, 0.25) is 5.02 Å². The van der Waals surface area contributed by atoms with Crippen LogP contribution >= 0.6 is 11.6 Å². The van der Waals surface area contributed by atoms with Crippen molar-refractivity contribution in [1.82, 2.24) is 5.32 Å². The second-order valence-corrected chi connectivity index (χ2v) is 5.74. The summed E-state index contributed by atoms with van der Waals surface area (Å²) in [6, 6.07) is 13.6. The van der Waals surface area contributed by atoms with Crippen molar-refractivity contribution in [2.24, 2.45) is 0 Å². The Morgan fingerprint density at radius 2 is 1.67 bits per heavy atom. The van der Waals surface area contributed by atoms with Gasteiger partial charge in [0.05, 0.1) is 0 Å². The maximum absolute atomic E-state index is 12.4. The van der Waals surface area contributed by atoms with E-state index < -0.39 is 0 Å². The lowest BCUT2D eigenvalue weighted by atomic mass is 10.2. The minimum absolute atomic E-state index is 0.131. The lowest BCUT2D eigenvalue weighted by molar-refractivity contribution is 0.0993. The van der Waals surface area contributed by atoms with E-state index in [1.807, 2.05) is 6.92 Å². The minimum atomic E-state index is -0.241. The number of hydrogen-bond donors (Lipinski definition) is 2. The van der Waals surface area contributed by atoms with Crippen molar-refractivity contribution in [2.45, 2.75) is 13.3 Å². The quantitative estimate of drug-likeness (QED) is 0.855. The number of benzene rings is 2. The van der Waals surface area contributed by atoms with Crippen molar-refractivity contribution in [2.75, 3.05) is 23.8 Å². The van der Waals surface area contributed by atoms with Gasteiger partial charge < -0.3 is 15.5 Å². The largest absolute Gasteiger partial charge is 0.338 e. The summed E-state index contributed by atoms with van der Waals surface area (Å²) in [7, 11) is 1.70. The van der Waals surface area contributed by atoms with Crippen LogP contribution in [0.3, 0.4) is 0 Å². The van der Waals surface area contributed by atoms with Crippen LogP contribution in [-0.2, 0) is 0 Å². The Hall–Kier alpha value is -2.53. The van der Waals surface area contributed by atoms with Crippen molar-refractivity contribution in [1.29, 1.82) is 0 Å². The molecule has 0 unspecified atom stereocenters. The van der Waals surface area contributed by atoms with Gasteiger partial charge in [-0.15, -0.1) is 0 Å². The van der Waals surface area contributed by atoms with Crippen molar-refractivity contribution < 1.29 is 9.59 Å². The van der Waals surface area contributed by atoms with E-state index in [1.165, 1.54) is 0 Å². The fourth-order valence-electron chi connectivity index (χ4n) is 2.09. The van der Waals surface area contributed by atoms with Crippen molar-refractivity contribution >= 4 is 34.9 Å². The molecule has 2 rings (SSSR count). The van der Waals surface area contributed by atoms with Crippen molar-refractivity contribution in [3.8, 4) is 0 Å². The Morgan fingerprint density at radius 3 is 2.25 bits per heavy atom. The monoisotopic (exact) mass is 345 g/mol. The van der Waals surface area contributed by atoms with Crippen LogP contribution in [0.25, 0.3) is 0 Å². The predicted octanol–water partition coefficient (Wildman–Crippen LogP) is 4.15. The van der Waals surface area contributed by atoms with E-state index >= 15 is 0 Å². The summed E-state index contributed by atoms with van der Waals surface area (Å²) in [5.74, 6) is -0.131. The third-order valence-corrected chi connectivity index (χ3v) is 3.70. The summed E-state index contributed by atoms with van der Waals surface area (Å²) in [6.07, 6.45) is 0.879. The molecule has 2 aromatic carbocycles.